The SMILES string of the molecule is COc1cc(-c2nn(CC3CCN(C(=O)C=CCN(C)C)CC3)c3ncnc(N)c23)ccc1C. The van der Waals surface area contributed by atoms with E-state index in [1.165, 1.54) is 6.33 Å². The number of aryl methyl sites for hydroxylation is 1. The number of amides is 1. The zero-order valence-electron chi connectivity index (χ0n) is 20.4. The number of anilines is 1. The van der Waals surface area contributed by atoms with Crippen molar-refractivity contribution in [2.45, 2.75) is 26.3 Å². The van der Waals surface area contributed by atoms with Gasteiger partial charge in [-0.1, -0.05) is 18.2 Å². The molecule has 0 bridgehead atoms. The highest BCUT2D eigenvalue weighted by Crippen LogP contribution is 2.34. The molecule has 2 N–H and O–H groups in total. The first-order valence-corrected chi connectivity index (χ1v) is 11.6. The third-order valence-electron chi connectivity index (χ3n) is 6.33. The summed E-state index contributed by atoms with van der Waals surface area (Å²) in [7, 11) is 5.63. The van der Waals surface area contributed by atoms with Gasteiger partial charge in [-0.2, -0.15) is 5.10 Å². The van der Waals surface area contributed by atoms with Gasteiger partial charge in [-0.15, -0.1) is 0 Å². The fourth-order valence-electron chi connectivity index (χ4n) is 4.38. The fraction of sp³-hybridized carbons (Fsp3) is 0.440. The van der Waals surface area contributed by atoms with Gasteiger partial charge in [0.05, 0.1) is 12.5 Å². The average Bonchev–Trinajstić information content (AvgIpc) is 3.19. The Balaban J connectivity index is 1.52. The molecule has 34 heavy (non-hydrogen) atoms. The fourth-order valence-corrected chi connectivity index (χ4v) is 4.38. The van der Waals surface area contributed by atoms with E-state index >= 15 is 0 Å². The molecule has 1 aromatic carbocycles. The molecule has 180 valence electrons. The maximum atomic E-state index is 12.5. The Bertz CT molecular complexity index is 1190. The Morgan fingerprint density at radius 1 is 1.26 bits per heavy atom. The monoisotopic (exact) mass is 463 g/mol. The van der Waals surface area contributed by atoms with Crippen molar-refractivity contribution in [3.63, 3.8) is 0 Å². The highest BCUT2D eigenvalue weighted by atomic mass is 16.5. The van der Waals surface area contributed by atoms with Crippen LogP contribution in [0, 0.1) is 12.8 Å². The molecule has 3 heterocycles. The maximum Gasteiger partial charge on any atom is 0.246 e. The number of ether oxygens (including phenoxy) is 1. The number of likely N-dealkylation sites (tertiary alicyclic amines) is 1. The van der Waals surface area contributed by atoms with E-state index < -0.39 is 0 Å². The summed E-state index contributed by atoms with van der Waals surface area (Å²) in [6.45, 7) is 4.97. The zero-order valence-corrected chi connectivity index (χ0v) is 20.4. The van der Waals surface area contributed by atoms with Gasteiger partial charge in [-0.3, -0.25) is 4.79 Å². The summed E-state index contributed by atoms with van der Waals surface area (Å²) in [5.41, 5.74) is 9.71. The Morgan fingerprint density at radius 2 is 2.03 bits per heavy atom. The molecule has 0 spiro atoms. The number of carbonyl (C=O) groups is 1. The highest BCUT2D eigenvalue weighted by Gasteiger charge is 2.24. The lowest BCUT2D eigenvalue weighted by Crippen LogP contribution is -2.38. The predicted molar refractivity (Wildman–Crippen MR) is 133 cm³/mol. The number of benzene rings is 1. The molecule has 3 aromatic rings. The molecule has 9 heteroatoms. The minimum absolute atomic E-state index is 0.0842. The van der Waals surface area contributed by atoms with Gasteiger partial charge >= 0.3 is 0 Å². The third-order valence-corrected chi connectivity index (χ3v) is 6.33. The van der Waals surface area contributed by atoms with Gasteiger partial charge in [0.2, 0.25) is 5.91 Å². The number of rotatable bonds is 7. The molecule has 4 rings (SSSR count). The topological polar surface area (TPSA) is 102 Å². The number of fused-ring (bicyclic) bond motifs is 1. The Morgan fingerprint density at radius 3 is 2.74 bits per heavy atom. The number of nitrogens with two attached hydrogens (primary N) is 1. The van der Waals surface area contributed by atoms with Crippen LogP contribution in [0.25, 0.3) is 22.3 Å². The number of methoxy groups -OCH3 is 1. The first kappa shape index (κ1) is 23.7. The summed E-state index contributed by atoms with van der Waals surface area (Å²) < 4.78 is 7.45. The van der Waals surface area contributed by atoms with Crippen molar-refractivity contribution in [3.05, 3.63) is 42.2 Å². The summed E-state index contributed by atoms with van der Waals surface area (Å²) in [6, 6.07) is 6.00. The molecule has 1 fully saturated rings. The van der Waals surface area contributed by atoms with E-state index in [1.807, 2.05) is 59.8 Å². The van der Waals surface area contributed by atoms with Crippen molar-refractivity contribution in [1.29, 1.82) is 0 Å². The number of piperidine rings is 1. The van der Waals surface area contributed by atoms with E-state index in [2.05, 4.69) is 9.97 Å². The molecule has 1 amide bonds. The van der Waals surface area contributed by atoms with E-state index in [-0.39, 0.29) is 5.91 Å². The van der Waals surface area contributed by atoms with Gasteiger partial charge in [0.15, 0.2) is 5.65 Å². The Hall–Kier alpha value is -3.46. The van der Waals surface area contributed by atoms with Crippen LogP contribution in [0.4, 0.5) is 5.82 Å². The zero-order chi connectivity index (χ0) is 24.2. The lowest BCUT2D eigenvalue weighted by Gasteiger charge is -2.31. The lowest BCUT2D eigenvalue weighted by atomic mass is 9.97. The first-order valence-electron chi connectivity index (χ1n) is 11.6. The second kappa shape index (κ2) is 10.2. The van der Waals surface area contributed by atoms with Gasteiger partial charge in [-0.05, 0) is 51.4 Å². The van der Waals surface area contributed by atoms with Crippen molar-refractivity contribution < 1.29 is 9.53 Å². The third kappa shape index (κ3) is 5.04. The molecule has 0 saturated carbocycles. The maximum absolute atomic E-state index is 12.5. The molecule has 9 nitrogen and oxygen atoms in total. The van der Waals surface area contributed by atoms with Gasteiger partial charge in [0, 0.05) is 37.8 Å². The smallest absolute Gasteiger partial charge is 0.246 e. The average molecular weight is 464 g/mol. The van der Waals surface area contributed by atoms with E-state index in [4.69, 9.17) is 15.6 Å². The predicted octanol–water partition coefficient (Wildman–Crippen LogP) is 2.75. The second-order valence-electron chi connectivity index (χ2n) is 9.11. The van der Waals surface area contributed by atoms with Crippen molar-refractivity contribution in [1.82, 2.24) is 29.5 Å². The Labute approximate surface area is 200 Å². The minimum atomic E-state index is 0.0842. The highest BCUT2D eigenvalue weighted by molar-refractivity contribution is 5.98. The number of nitrogens with zero attached hydrogens (tertiary/aromatic N) is 6. The van der Waals surface area contributed by atoms with E-state index in [0.717, 1.165) is 66.1 Å². The van der Waals surface area contributed by atoms with E-state index in [0.29, 0.717) is 18.3 Å². The largest absolute Gasteiger partial charge is 0.496 e. The van der Waals surface area contributed by atoms with Gasteiger partial charge in [-0.25, -0.2) is 14.6 Å². The number of aromatic nitrogens is 4. The number of carbonyl (C=O) groups excluding carboxylic acids is 1. The number of hydrogen-bond donors (Lipinski definition) is 1. The molecular weight excluding hydrogens is 430 g/mol. The van der Waals surface area contributed by atoms with Crippen LogP contribution >= 0.6 is 0 Å². The first-order chi connectivity index (χ1) is 16.4. The minimum Gasteiger partial charge on any atom is -0.496 e. The second-order valence-corrected chi connectivity index (χ2v) is 9.11. The summed E-state index contributed by atoms with van der Waals surface area (Å²) in [6.07, 6.45) is 6.92. The molecule has 1 aliphatic heterocycles. The van der Waals surface area contributed by atoms with Gasteiger partial charge < -0.3 is 20.3 Å². The van der Waals surface area contributed by atoms with Crippen LogP contribution in [0.1, 0.15) is 18.4 Å². The Kier molecular flexibility index (Phi) is 7.12. The number of likely N-dealkylation sites (N-methyl/N-ethyl adjacent to an activating group) is 1. The van der Waals surface area contributed by atoms with Crippen molar-refractivity contribution in [2.75, 3.05) is 46.6 Å². The van der Waals surface area contributed by atoms with Crippen LogP contribution in [-0.2, 0) is 11.3 Å². The molecular formula is C25H33N7O2. The van der Waals surface area contributed by atoms with E-state index in [1.54, 1.807) is 13.2 Å². The molecule has 1 saturated heterocycles. The van der Waals surface area contributed by atoms with Gasteiger partial charge in [0.1, 0.15) is 23.6 Å². The van der Waals surface area contributed by atoms with Crippen molar-refractivity contribution >= 4 is 22.8 Å². The summed E-state index contributed by atoms with van der Waals surface area (Å²) >= 11 is 0. The van der Waals surface area contributed by atoms with E-state index in [9.17, 15) is 4.79 Å². The lowest BCUT2D eigenvalue weighted by molar-refractivity contribution is -0.127. The van der Waals surface area contributed by atoms with Crippen LogP contribution in [0.5, 0.6) is 5.75 Å². The van der Waals surface area contributed by atoms with Crippen LogP contribution in [0.15, 0.2) is 36.7 Å². The molecule has 0 unspecified atom stereocenters. The molecule has 0 radical (unpaired) electrons. The van der Waals surface area contributed by atoms with Crippen molar-refractivity contribution in [3.8, 4) is 17.0 Å². The standard InChI is InChI=1S/C25H33N7O2/c1-17-7-8-19(14-20(17)34-4)23-22-24(26)27-16-28-25(22)32(29-23)15-18-9-12-31(13-10-18)21(33)6-5-11-30(2)3/h5-8,14,16,18H,9-13,15H2,1-4H3,(H2,26,27,28). The quantitative estimate of drug-likeness (QED) is 0.538. The van der Waals surface area contributed by atoms with Crippen LogP contribution in [0.2, 0.25) is 0 Å². The molecule has 0 aliphatic carbocycles. The molecule has 0 atom stereocenters. The normalized spacial score (nSPS) is 15.0. The summed E-state index contributed by atoms with van der Waals surface area (Å²) in [5.74, 6) is 1.69. The number of nitrogen functional groups attached to an aromatic ring is 1. The van der Waals surface area contributed by atoms with Gasteiger partial charge in [0.25, 0.3) is 0 Å². The summed E-state index contributed by atoms with van der Waals surface area (Å²) in [5, 5.41) is 5.67. The van der Waals surface area contributed by atoms with Crippen molar-refractivity contribution in [2.24, 2.45) is 5.92 Å². The molecule has 1 aliphatic rings. The van der Waals surface area contributed by atoms with Crippen LogP contribution in [-0.4, -0.2) is 76.3 Å². The molecule has 2 aromatic heterocycles. The number of hydrogen-bond acceptors (Lipinski definition) is 7. The summed E-state index contributed by atoms with van der Waals surface area (Å²) in [4.78, 5) is 25.1. The van der Waals surface area contributed by atoms with Crippen LogP contribution < -0.4 is 10.5 Å². The van der Waals surface area contributed by atoms with Crippen LogP contribution in [0.3, 0.4) is 0 Å².